The molecule has 1 unspecified atom stereocenters. The number of hydrogen-bond donors (Lipinski definition) is 0. The normalized spacial score (nSPS) is 18.6. The van der Waals surface area contributed by atoms with Gasteiger partial charge in [0.1, 0.15) is 11.9 Å². The standard InChI is InChI=1S/C17H20FN3O2/c1-22-16-9-19-17(20-10-16)23-15-3-2-8-21(12-15)11-13-4-6-14(18)7-5-13/h4-7,9-10,15H,2-3,8,11-12H2,1H3. The summed E-state index contributed by atoms with van der Waals surface area (Å²) in [7, 11) is 1.58. The van der Waals surface area contributed by atoms with Gasteiger partial charge in [-0.25, -0.2) is 4.39 Å². The predicted octanol–water partition coefficient (Wildman–Crippen LogP) is 2.67. The van der Waals surface area contributed by atoms with Crippen molar-refractivity contribution in [2.75, 3.05) is 20.2 Å². The lowest BCUT2D eigenvalue weighted by Gasteiger charge is -2.32. The fraction of sp³-hybridized carbons (Fsp3) is 0.412. The number of aromatic nitrogens is 2. The molecule has 1 aromatic heterocycles. The molecule has 1 aliphatic rings. The number of likely N-dealkylation sites (tertiary alicyclic amines) is 1. The topological polar surface area (TPSA) is 47.5 Å². The van der Waals surface area contributed by atoms with Gasteiger partial charge in [-0.1, -0.05) is 12.1 Å². The monoisotopic (exact) mass is 317 g/mol. The zero-order valence-corrected chi connectivity index (χ0v) is 13.1. The van der Waals surface area contributed by atoms with E-state index in [1.807, 2.05) is 12.1 Å². The van der Waals surface area contributed by atoms with E-state index < -0.39 is 0 Å². The second kappa shape index (κ2) is 7.37. The summed E-state index contributed by atoms with van der Waals surface area (Å²) in [4.78, 5) is 10.6. The lowest BCUT2D eigenvalue weighted by Crippen LogP contribution is -2.40. The Kier molecular flexibility index (Phi) is 5.02. The van der Waals surface area contributed by atoms with Crippen molar-refractivity contribution in [3.63, 3.8) is 0 Å². The Morgan fingerprint density at radius 1 is 1.22 bits per heavy atom. The minimum Gasteiger partial charge on any atom is -0.494 e. The van der Waals surface area contributed by atoms with Crippen LogP contribution in [0.15, 0.2) is 36.7 Å². The van der Waals surface area contributed by atoms with Crippen LogP contribution < -0.4 is 9.47 Å². The van der Waals surface area contributed by atoms with E-state index in [2.05, 4.69) is 14.9 Å². The van der Waals surface area contributed by atoms with Crippen LogP contribution >= 0.6 is 0 Å². The highest BCUT2D eigenvalue weighted by atomic mass is 19.1. The van der Waals surface area contributed by atoms with E-state index in [0.29, 0.717) is 11.8 Å². The summed E-state index contributed by atoms with van der Waals surface area (Å²) in [6.45, 7) is 2.62. The van der Waals surface area contributed by atoms with Gasteiger partial charge in [0, 0.05) is 13.1 Å². The zero-order chi connectivity index (χ0) is 16.1. The number of ether oxygens (including phenoxy) is 2. The first-order valence-electron chi connectivity index (χ1n) is 7.72. The van der Waals surface area contributed by atoms with Crippen molar-refractivity contribution >= 4 is 0 Å². The van der Waals surface area contributed by atoms with Crippen molar-refractivity contribution in [3.05, 3.63) is 48.0 Å². The maximum absolute atomic E-state index is 13.0. The molecule has 23 heavy (non-hydrogen) atoms. The van der Waals surface area contributed by atoms with E-state index in [9.17, 15) is 4.39 Å². The molecular formula is C17H20FN3O2. The molecule has 5 nitrogen and oxygen atoms in total. The molecule has 6 heteroatoms. The van der Waals surface area contributed by atoms with E-state index in [1.165, 1.54) is 12.1 Å². The van der Waals surface area contributed by atoms with E-state index in [1.54, 1.807) is 19.5 Å². The fourth-order valence-corrected chi connectivity index (χ4v) is 2.72. The molecule has 1 aliphatic heterocycles. The minimum absolute atomic E-state index is 0.0672. The van der Waals surface area contributed by atoms with Gasteiger partial charge in [0.2, 0.25) is 0 Å². The molecule has 1 fully saturated rings. The number of benzene rings is 1. The Balaban J connectivity index is 1.55. The SMILES string of the molecule is COc1cnc(OC2CCCN(Cc3ccc(F)cc3)C2)nc1. The Labute approximate surface area is 135 Å². The molecule has 0 bridgehead atoms. The van der Waals surface area contributed by atoms with Gasteiger partial charge in [0.05, 0.1) is 19.5 Å². The van der Waals surface area contributed by atoms with Gasteiger partial charge in [0.25, 0.3) is 0 Å². The highest BCUT2D eigenvalue weighted by Crippen LogP contribution is 2.18. The van der Waals surface area contributed by atoms with E-state index >= 15 is 0 Å². The molecule has 1 saturated heterocycles. The highest BCUT2D eigenvalue weighted by Gasteiger charge is 2.22. The number of methoxy groups -OCH3 is 1. The lowest BCUT2D eigenvalue weighted by atomic mass is 10.1. The second-order valence-corrected chi connectivity index (χ2v) is 5.65. The van der Waals surface area contributed by atoms with Crippen LogP contribution in [0.2, 0.25) is 0 Å². The largest absolute Gasteiger partial charge is 0.494 e. The van der Waals surface area contributed by atoms with Crippen LogP contribution in [-0.2, 0) is 6.54 Å². The van der Waals surface area contributed by atoms with Crippen molar-refractivity contribution in [1.82, 2.24) is 14.9 Å². The van der Waals surface area contributed by atoms with Crippen LogP contribution in [0, 0.1) is 5.82 Å². The van der Waals surface area contributed by atoms with Crippen LogP contribution in [0.25, 0.3) is 0 Å². The second-order valence-electron chi connectivity index (χ2n) is 5.65. The van der Waals surface area contributed by atoms with Crippen LogP contribution in [-0.4, -0.2) is 41.2 Å². The number of piperidine rings is 1. The highest BCUT2D eigenvalue weighted by molar-refractivity contribution is 5.16. The number of nitrogens with zero attached hydrogens (tertiary/aromatic N) is 3. The summed E-state index contributed by atoms with van der Waals surface area (Å²) in [6.07, 6.45) is 5.30. The average molecular weight is 317 g/mol. The van der Waals surface area contributed by atoms with Crippen molar-refractivity contribution in [2.45, 2.75) is 25.5 Å². The van der Waals surface area contributed by atoms with Gasteiger partial charge in [-0.3, -0.25) is 4.90 Å². The Bertz CT molecular complexity index is 619. The van der Waals surface area contributed by atoms with Crippen LogP contribution in [0.5, 0.6) is 11.8 Å². The molecule has 0 radical (unpaired) electrons. The van der Waals surface area contributed by atoms with Crippen LogP contribution in [0.3, 0.4) is 0 Å². The van der Waals surface area contributed by atoms with E-state index in [4.69, 9.17) is 9.47 Å². The van der Waals surface area contributed by atoms with Gasteiger partial charge >= 0.3 is 6.01 Å². The summed E-state index contributed by atoms with van der Waals surface area (Å²) in [6, 6.07) is 7.02. The van der Waals surface area contributed by atoms with Gasteiger partial charge in [-0.2, -0.15) is 9.97 Å². The fourth-order valence-electron chi connectivity index (χ4n) is 2.72. The molecule has 2 aromatic rings. The molecule has 1 aromatic carbocycles. The molecule has 1 atom stereocenters. The number of halogens is 1. The third kappa shape index (κ3) is 4.39. The molecule has 2 heterocycles. The summed E-state index contributed by atoms with van der Waals surface area (Å²) in [5, 5.41) is 0. The quantitative estimate of drug-likeness (QED) is 0.848. The van der Waals surface area contributed by atoms with Gasteiger partial charge in [-0.05, 0) is 37.1 Å². The number of rotatable bonds is 5. The Morgan fingerprint density at radius 3 is 2.65 bits per heavy atom. The molecule has 0 saturated carbocycles. The summed E-state index contributed by atoms with van der Waals surface area (Å²) < 4.78 is 23.9. The van der Waals surface area contributed by atoms with E-state index in [0.717, 1.165) is 38.0 Å². The van der Waals surface area contributed by atoms with Crippen LogP contribution in [0.4, 0.5) is 4.39 Å². The van der Waals surface area contributed by atoms with Crippen molar-refractivity contribution in [2.24, 2.45) is 0 Å². The third-order valence-corrected chi connectivity index (χ3v) is 3.89. The predicted molar refractivity (Wildman–Crippen MR) is 83.9 cm³/mol. The van der Waals surface area contributed by atoms with Gasteiger partial charge in [-0.15, -0.1) is 0 Å². The minimum atomic E-state index is -0.203. The van der Waals surface area contributed by atoms with Gasteiger partial charge in [0.15, 0.2) is 5.75 Å². The average Bonchev–Trinajstić information content (AvgIpc) is 2.58. The molecule has 0 aliphatic carbocycles. The molecule has 0 spiro atoms. The smallest absolute Gasteiger partial charge is 0.316 e. The van der Waals surface area contributed by atoms with Crippen molar-refractivity contribution in [3.8, 4) is 11.8 Å². The third-order valence-electron chi connectivity index (χ3n) is 3.89. The number of hydrogen-bond acceptors (Lipinski definition) is 5. The Hall–Kier alpha value is -2.21. The molecule has 3 rings (SSSR count). The first kappa shape index (κ1) is 15.7. The molecule has 0 N–H and O–H groups in total. The Morgan fingerprint density at radius 2 is 1.96 bits per heavy atom. The summed E-state index contributed by atoms with van der Waals surface area (Å²) in [5.41, 5.74) is 1.10. The first-order valence-corrected chi connectivity index (χ1v) is 7.72. The summed E-state index contributed by atoms with van der Waals surface area (Å²) in [5.74, 6) is 0.407. The maximum atomic E-state index is 13.0. The summed E-state index contributed by atoms with van der Waals surface area (Å²) >= 11 is 0. The maximum Gasteiger partial charge on any atom is 0.316 e. The van der Waals surface area contributed by atoms with Crippen molar-refractivity contribution < 1.29 is 13.9 Å². The van der Waals surface area contributed by atoms with Gasteiger partial charge < -0.3 is 9.47 Å². The zero-order valence-electron chi connectivity index (χ0n) is 13.1. The molecule has 0 amide bonds. The molecule has 122 valence electrons. The van der Waals surface area contributed by atoms with Crippen molar-refractivity contribution in [1.29, 1.82) is 0 Å². The molecular weight excluding hydrogens is 297 g/mol. The lowest BCUT2D eigenvalue weighted by molar-refractivity contribution is 0.0769. The van der Waals surface area contributed by atoms with Crippen LogP contribution in [0.1, 0.15) is 18.4 Å². The first-order chi connectivity index (χ1) is 11.2. The van der Waals surface area contributed by atoms with E-state index in [-0.39, 0.29) is 11.9 Å².